The zero-order valence-electron chi connectivity index (χ0n) is 13.7. The van der Waals surface area contributed by atoms with Crippen LogP contribution in [-0.2, 0) is 0 Å². The van der Waals surface area contributed by atoms with E-state index in [1.807, 2.05) is 43.3 Å². The fourth-order valence-corrected chi connectivity index (χ4v) is 4.05. The summed E-state index contributed by atoms with van der Waals surface area (Å²) in [6.45, 7) is 1.97. The summed E-state index contributed by atoms with van der Waals surface area (Å²) in [6.07, 6.45) is 1.65. The zero-order chi connectivity index (χ0) is 18.1. The maximum absolute atomic E-state index is 12.3. The molecule has 0 saturated heterocycles. The number of rotatable bonds is 4. The van der Waals surface area contributed by atoms with Gasteiger partial charge in [0, 0.05) is 22.2 Å². The molecule has 6 nitrogen and oxygen atoms in total. The molecule has 1 aromatic carbocycles. The fraction of sp³-hybridized carbons (Fsp3) is 0.0556. The van der Waals surface area contributed by atoms with E-state index in [1.165, 1.54) is 0 Å². The van der Waals surface area contributed by atoms with Gasteiger partial charge in [-0.3, -0.25) is 9.89 Å². The highest BCUT2D eigenvalue weighted by Gasteiger charge is 2.12. The molecule has 8 heteroatoms. The van der Waals surface area contributed by atoms with Gasteiger partial charge in [0.1, 0.15) is 0 Å². The molecular formula is C18H14BrN5OS. The number of H-pyrrole nitrogens is 2. The predicted octanol–water partition coefficient (Wildman–Crippen LogP) is 4.45. The van der Waals surface area contributed by atoms with Gasteiger partial charge in [0.2, 0.25) is 0 Å². The van der Waals surface area contributed by atoms with Crippen molar-refractivity contribution >= 4 is 50.3 Å². The van der Waals surface area contributed by atoms with E-state index in [0.717, 1.165) is 36.5 Å². The number of halogens is 1. The van der Waals surface area contributed by atoms with E-state index < -0.39 is 0 Å². The minimum absolute atomic E-state index is 0.289. The number of aromatic nitrogens is 3. The number of hydrogen-bond donors (Lipinski definition) is 3. The highest BCUT2D eigenvalue weighted by Crippen LogP contribution is 2.30. The van der Waals surface area contributed by atoms with Gasteiger partial charge in [0.05, 0.1) is 20.6 Å². The largest absolute Gasteiger partial charge is 0.358 e. The van der Waals surface area contributed by atoms with Crippen LogP contribution in [0.15, 0.2) is 51.4 Å². The van der Waals surface area contributed by atoms with Crippen molar-refractivity contribution in [3.63, 3.8) is 0 Å². The van der Waals surface area contributed by atoms with Crippen molar-refractivity contribution in [2.75, 3.05) is 0 Å². The normalized spacial score (nSPS) is 11.5. The number of fused-ring (bicyclic) bond motifs is 1. The molecular weight excluding hydrogens is 414 g/mol. The van der Waals surface area contributed by atoms with Crippen molar-refractivity contribution in [1.29, 1.82) is 0 Å². The Hall–Kier alpha value is -2.71. The molecule has 26 heavy (non-hydrogen) atoms. The maximum atomic E-state index is 12.3. The van der Waals surface area contributed by atoms with Gasteiger partial charge in [-0.1, -0.05) is 18.2 Å². The molecule has 1 amide bonds. The highest BCUT2D eigenvalue weighted by atomic mass is 79.9. The summed E-state index contributed by atoms with van der Waals surface area (Å²) in [5.74, 6) is -0.364. The first-order valence-electron chi connectivity index (χ1n) is 7.83. The molecule has 0 radical (unpaired) electrons. The number of hydrogen-bond acceptors (Lipinski definition) is 4. The molecule has 4 aromatic rings. The van der Waals surface area contributed by atoms with Crippen LogP contribution in [0.25, 0.3) is 21.5 Å². The Morgan fingerprint density at radius 2 is 2.15 bits per heavy atom. The molecule has 3 aromatic heterocycles. The van der Waals surface area contributed by atoms with Crippen molar-refractivity contribution in [3.8, 4) is 10.6 Å². The minimum atomic E-state index is -0.364. The molecule has 0 fully saturated rings. The second kappa shape index (κ2) is 6.89. The summed E-state index contributed by atoms with van der Waals surface area (Å²) in [6, 6.07) is 13.6. The van der Waals surface area contributed by atoms with Gasteiger partial charge in [-0.25, -0.2) is 5.43 Å². The predicted molar refractivity (Wildman–Crippen MR) is 108 cm³/mol. The Morgan fingerprint density at radius 3 is 2.96 bits per heavy atom. The number of para-hydroxylation sites is 1. The number of benzene rings is 1. The quantitative estimate of drug-likeness (QED) is 0.331. The smallest absolute Gasteiger partial charge is 0.291 e. The number of aromatic amines is 2. The second-order valence-corrected chi connectivity index (χ2v) is 8.14. The van der Waals surface area contributed by atoms with E-state index >= 15 is 0 Å². The van der Waals surface area contributed by atoms with Gasteiger partial charge in [-0.15, -0.1) is 11.3 Å². The molecule has 0 aliphatic carbocycles. The Labute approximate surface area is 161 Å². The van der Waals surface area contributed by atoms with Gasteiger partial charge < -0.3 is 4.98 Å². The average Bonchev–Trinajstić information content (AvgIpc) is 3.34. The van der Waals surface area contributed by atoms with Crippen LogP contribution in [0.1, 0.15) is 21.7 Å². The fourth-order valence-electron chi connectivity index (χ4n) is 2.70. The standard InChI is InChI=1S/C18H14BrN5OS/c1-10-12(11-4-2-3-5-13(11)21-10)9-20-24-18(25)15-8-14(22-23-15)16-6-7-17(19)26-16/h2-9,21H,1H3,(H,22,23)(H,24,25)/b20-9+. The third-order valence-corrected chi connectivity index (χ3v) is 5.61. The van der Waals surface area contributed by atoms with Gasteiger partial charge in [-0.2, -0.15) is 10.2 Å². The van der Waals surface area contributed by atoms with Crippen LogP contribution in [-0.4, -0.2) is 27.3 Å². The van der Waals surface area contributed by atoms with Crippen LogP contribution in [0.3, 0.4) is 0 Å². The first-order chi connectivity index (χ1) is 12.6. The van der Waals surface area contributed by atoms with Crippen molar-refractivity contribution in [2.24, 2.45) is 5.10 Å². The van der Waals surface area contributed by atoms with Crippen molar-refractivity contribution in [2.45, 2.75) is 6.92 Å². The molecule has 0 aliphatic rings. The summed E-state index contributed by atoms with van der Waals surface area (Å²) >= 11 is 4.99. The summed E-state index contributed by atoms with van der Waals surface area (Å²) < 4.78 is 1.02. The molecule has 4 rings (SSSR count). The third-order valence-electron chi connectivity index (χ3n) is 3.95. The third kappa shape index (κ3) is 3.21. The SMILES string of the molecule is Cc1[nH]c2ccccc2c1/C=N/NC(=O)c1cc(-c2ccc(Br)s2)[nH]n1. The van der Waals surface area contributed by atoms with Crippen LogP contribution in [0.5, 0.6) is 0 Å². The number of nitrogens with zero attached hydrogens (tertiary/aromatic N) is 2. The first-order valence-corrected chi connectivity index (χ1v) is 9.44. The molecule has 0 saturated carbocycles. The lowest BCUT2D eigenvalue weighted by atomic mass is 10.1. The Balaban J connectivity index is 1.49. The summed E-state index contributed by atoms with van der Waals surface area (Å²) in [5.41, 5.74) is 6.60. The van der Waals surface area contributed by atoms with Gasteiger partial charge in [0.15, 0.2) is 5.69 Å². The van der Waals surface area contributed by atoms with Crippen LogP contribution in [0.4, 0.5) is 0 Å². The van der Waals surface area contributed by atoms with E-state index in [1.54, 1.807) is 23.6 Å². The van der Waals surface area contributed by atoms with E-state index in [2.05, 4.69) is 41.6 Å². The highest BCUT2D eigenvalue weighted by molar-refractivity contribution is 9.11. The molecule has 0 spiro atoms. The van der Waals surface area contributed by atoms with Crippen LogP contribution in [0, 0.1) is 6.92 Å². The molecule has 3 N–H and O–H groups in total. The summed E-state index contributed by atoms with van der Waals surface area (Å²) in [7, 11) is 0. The average molecular weight is 428 g/mol. The lowest BCUT2D eigenvalue weighted by molar-refractivity contribution is 0.0950. The second-order valence-electron chi connectivity index (χ2n) is 5.68. The number of carbonyl (C=O) groups excluding carboxylic acids is 1. The van der Waals surface area contributed by atoms with Crippen LogP contribution < -0.4 is 5.43 Å². The number of thiophene rings is 1. The maximum Gasteiger partial charge on any atom is 0.291 e. The Bertz CT molecular complexity index is 1120. The number of hydrazone groups is 1. The van der Waals surface area contributed by atoms with E-state index in [-0.39, 0.29) is 11.6 Å². The van der Waals surface area contributed by atoms with Crippen LogP contribution >= 0.6 is 27.3 Å². The van der Waals surface area contributed by atoms with Crippen molar-refractivity contribution in [3.05, 3.63) is 63.2 Å². The van der Waals surface area contributed by atoms with Crippen molar-refractivity contribution < 1.29 is 4.79 Å². The summed E-state index contributed by atoms with van der Waals surface area (Å²) in [5, 5.41) is 12.1. The first kappa shape index (κ1) is 16.7. The van der Waals surface area contributed by atoms with Gasteiger partial charge in [-0.05, 0) is 47.1 Å². The van der Waals surface area contributed by atoms with Crippen molar-refractivity contribution in [1.82, 2.24) is 20.6 Å². The summed E-state index contributed by atoms with van der Waals surface area (Å²) in [4.78, 5) is 16.5. The molecule has 0 atom stereocenters. The van der Waals surface area contributed by atoms with Gasteiger partial charge >= 0.3 is 0 Å². The lowest BCUT2D eigenvalue weighted by Gasteiger charge is -1.96. The number of nitrogens with one attached hydrogen (secondary N) is 3. The van der Waals surface area contributed by atoms with Gasteiger partial charge in [0.25, 0.3) is 5.91 Å². The van der Waals surface area contributed by atoms with E-state index in [4.69, 9.17) is 0 Å². The zero-order valence-corrected chi connectivity index (χ0v) is 16.1. The molecule has 3 heterocycles. The van der Waals surface area contributed by atoms with Crippen LogP contribution in [0.2, 0.25) is 0 Å². The molecule has 0 aliphatic heterocycles. The monoisotopic (exact) mass is 427 g/mol. The van der Waals surface area contributed by atoms with E-state index in [9.17, 15) is 4.79 Å². The Kier molecular flexibility index (Phi) is 4.44. The number of aryl methyl sites for hydroxylation is 1. The molecule has 130 valence electrons. The molecule has 0 bridgehead atoms. The van der Waals surface area contributed by atoms with E-state index in [0.29, 0.717) is 0 Å². The Morgan fingerprint density at radius 1 is 1.31 bits per heavy atom. The number of carbonyl (C=O) groups is 1. The minimum Gasteiger partial charge on any atom is -0.358 e. The number of amides is 1. The topological polar surface area (TPSA) is 85.9 Å². The lowest BCUT2D eigenvalue weighted by Crippen LogP contribution is -2.18. The molecule has 0 unspecified atom stereocenters.